The number of aliphatic hydroxyl groups is 1. The third kappa shape index (κ3) is 5.09. The number of ether oxygens (including phenoxy) is 1. The average Bonchev–Trinajstić information content (AvgIpc) is 2.42. The zero-order chi connectivity index (χ0) is 14.3. The minimum absolute atomic E-state index is 0.135. The summed E-state index contributed by atoms with van der Waals surface area (Å²) in [6.07, 6.45) is -1.03. The molecule has 2 atom stereocenters. The summed E-state index contributed by atoms with van der Waals surface area (Å²) in [5.74, 6) is -1.65. The van der Waals surface area contributed by atoms with Crippen LogP contribution in [0.1, 0.15) is 18.9 Å². The molecule has 1 aromatic rings. The third-order valence-electron chi connectivity index (χ3n) is 2.79. The Morgan fingerprint density at radius 2 is 1.95 bits per heavy atom. The van der Waals surface area contributed by atoms with E-state index >= 15 is 0 Å². The molecule has 0 bridgehead atoms. The molecule has 5 nitrogen and oxygen atoms in total. The van der Waals surface area contributed by atoms with Crippen LogP contribution in [0.15, 0.2) is 30.3 Å². The number of hydrogen-bond donors (Lipinski definition) is 2. The number of amides is 1. The molecule has 1 aromatic carbocycles. The van der Waals surface area contributed by atoms with E-state index in [1.54, 1.807) is 0 Å². The topological polar surface area (TPSA) is 75.6 Å². The van der Waals surface area contributed by atoms with Gasteiger partial charge in [-0.1, -0.05) is 30.3 Å². The highest BCUT2D eigenvalue weighted by atomic mass is 16.5. The molecule has 104 valence electrons. The molecule has 0 aliphatic carbocycles. The SMILES string of the molecule is CNC(=O)[C@@H](CC(=O)OCc1ccccc1)[C@@H](C)O. The van der Waals surface area contributed by atoms with Crippen LogP contribution in [0.5, 0.6) is 0 Å². The van der Waals surface area contributed by atoms with Gasteiger partial charge in [0.15, 0.2) is 0 Å². The van der Waals surface area contributed by atoms with E-state index < -0.39 is 18.0 Å². The highest BCUT2D eigenvalue weighted by Crippen LogP contribution is 2.11. The smallest absolute Gasteiger partial charge is 0.307 e. The predicted octanol–water partition coefficient (Wildman–Crippen LogP) is 0.863. The normalized spacial score (nSPS) is 13.4. The second-order valence-electron chi connectivity index (χ2n) is 4.31. The Kier molecular flexibility index (Phi) is 6.02. The fraction of sp³-hybridized carbons (Fsp3) is 0.429. The Labute approximate surface area is 112 Å². The van der Waals surface area contributed by atoms with Crippen molar-refractivity contribution in [2.75, 3.05) is 7.05 Å². The van der Waals surface area contributed by atoms with Crippen molar-refractivity contribution in [2.24, 2.45) is 5.92 Å². The van der Waals surface area contributed by atoms with Gasteiger partial charge >= 0.3 is 5.97 Å². The molecule has 5 heteroatoms. The molecule has 0 fully saturated rings. The summed E-state index contributed by atoms with van der Waals surface area (Å²) in [5, 5.41) is 11.9. The van der Waals surface area contributed by atoms with Crippen LogP contribution >= 0.6 is 0 Å². The summed E-state index contributed by atoms with van der Waals surface area (Å²) in [7, 11) is 1.47. The van der Waals surface area contributed by atoms with E-state index in [0.29, 0.717) is 0 Å². The molecule has 0 aliphatic rings. The molecule has 1 rings (SSSR count). The maximum Gasteiger partial charge on any atom is 0.307 e. The van der Waals surface area contributed by atoms with E-state index in [0.717, 1.165) is 5.56 Å². The lowest BCUT2D eigenvalue weighted by Crippen LogP contribution is -2.36. The van der Waals surface area contributed by atoms with Crippen LogP contribution in [0.4, 0.5) is 0 Å². The van der Waals surface area contributed by atoms with Gasteiger partial charge < -0.3 is 15.2 Å². The molecule has 0 spiro atoms. The van der Waals surface area contributed by atoms with E-state index in [1.165, 1.54) is 14.0 Å². The molecule has 19 heavy (non-hydrogen) atoms. The molecule has 0 saturated heterocycles. The van der Waals surface area contributed by atoms with Crippen molar-refractivity contribution >= 4 is 11.9 Å². The molecular formula is C14H19NO4. The Bertz CT molecular complexity index is 417. The first-order valence-electron chi connectivity index (χ1n) is 6.13. The van der Waals surface area contributed by atoms with Crippen molar-refractivity contribution < 1.29 is 19.4 Å². The van der Waals surface area contributed by atoms with Crippen LogP contribution in [0, 0.1) is 5.92 Å². The van der Waals surface area contributed by atoms with E-state index in [9.17, 15) is 14.7 Å². The van der Waals surface area contributed by atoms with Crippen LogP contribution in [0.2, 0.25) is 0 Å². The molecule has 2 N–H and O–H groups in total. The fourth-order valence-electron chi connectivity index (χ4n) is 1.64. The van der Waals surface area contributed by atoms with Crippen LogP contribution in [0.3, 0.4) is 0 Å². The van der Waals surface area contributed by atoms with Crippen LogP contribution in [0.25, 0.3) is 0 Å². The van der Waals surface area contributed by atoms with Gasteiger partial charge in [-0.3, -0.25) is 9.59 Å². The lowest BCUT2D eigenvalue weighted by molar-refractivity contribution is -0.149. The number of benzene rings is 1. The maximum absolute atomic E-state index is 11.6. The van der Waals surface area contributed by atoms with Gasteiger partial charge in [-0.2, -0.15) is 0 Å². The number of rotatable bonds is 6. The number of hydrogen-bond acceptors (Lipinski definition) is 4. The van der Waals surface area contributed by atoms with E-state index in [-0.39, 0.29) is 18.9 Å². The quantitative estimate of drug-likeness (QED) is 0.748. The maximum atomic E-state index is 11.6. The van der Waals surface area contributed by atoms with Crippen LogP contribution in [-0.2, 0) is 20.9 Å². The first kappa shape index (κ1) is 15.2. The molecule has 0 aromatic heterocycles. The molecule has 0 heterocycles. The summed E-state index contributed by atoms with van der Waals surface area (Å²) in [5.41, 5.74) is 0.879. The highest BCUT2D eigenvalue weighted by molar-refractivity contribution is 5.84. The highest BCUT2D eigenvalue weighted by Gasteiger charge is 2.26. The van der Waals surface area contributed by atoms with Crippen molar-refractivity contribution in [3.05, 3.63) is 35.9 Å². The van der Waals surface area contributed by atoms with Crippen molar-refractivity contribution in [2.45, 2.75) is 26.1 Å². The van der Waals surface area contributed by atoms with Gasteiger partial charge in [0.05, 0.1) is 18.4 Å². The van der Waals surface area contributed by atoms with Crippen LogP contribution < -0.4 is 5.32 Å². The zero-order valence-corrected chi connectivity index (χ0v) is 11.1. The Morgan fingerprint density at radius 1 is 1.32 bits per heavy atom. The predicted molar refractivity (Wildman–Crippen MR) is 70.1 cm³/mol. The first-order chi connectivity index (χ1) is 9.04. The summed E-state index contributed by atoms with van der Waals surface area (Å²) in [6, 6.07) is 9.27. The Hall–Kier alpha value is -1.88. The number of nitrogens with one attached hydrogen (secondary N) is 1. The second-order valence-corrected chi connectivity index (χ2v) is 4.31. The van der Waals surface area contributed by atoms with E-state index in [1.807, 2.05) is 30.3 Å². The molecule has 0 aliphatic heterocycles. The minimum Gasteiger partial charge on any atom is -0.461 e. The van der Waals surface area contributed by atoms with Crippen molar-refractivity contribution in [3.8, 4) is 0 Å². The summed E-state index contributed by atoms with van der Waals surface area (Å²) >= 11 is 0. The van der Waals surface area contributed by atoms with E-state index in [2.05, 4.69) is 5.32 Å². The number of aliphatic hydroxyl groups excluding tert-OH is 1. The number of carbonyl (C=O) groups is 2. The largest absolute Gasteiger partial charge is 0.461 e. The van der Waals surface area contributed by atoms with Gasteiger partial charge in [0.1, 0.15) is 6.61 Å². The second kappa shape index (κ2) is 7.53. The minimum atomic E-state index is -0.899. The van der Waals surface area contributed by atoms with E-state index in [4.69, 9.17) is 4.74 Å². The zero-order valence-electron chi connectivity index (χ0n) is 11.1. The Morgan fingerprint density at radius 3 is 2.47 bits per heavy atom. The standard InChI is InChI=1S/C14H19NO4/c1-10(16)12(14(18)15-2)8-13(17)19-9-11-6-4-3-5-7-11/h3-7,10,12,16H,8-9H2,1-2H3,(H,15,18)/t10-,12+/m1/s1. The number of carbonyl (C=O) groups excluding carboxylic acids is 2. The lowest BCUT2D eigenvalue weighted by atomic mass is 9.99. The van der Waals surface area contributed by atoms with Gasteiger partial charge in [-0.05, 0) is 12.5 Å². The lowest BCUT2D eigenvalue weighted by Gasteiger charge is -2.17. The van der Waals surface area contributed by atoms with Crippen LogP contribution in [-0.4, -0.2) is 30.1 Å². The van der Waals surface area contributed by atoms with Gasteiger partial charge in [0.2, 0.25) is 5.91 Å². The third-order valence-corrected chi connectivity index (χ3v) is 2.79. The van der Waals surface area contributed by atoms with Gasteiger partial charge in [-0.25, -0.2) is 0 Å². The van der Waals surface area contributed by atoms with Gasteiger partial charge in [-0.15, -0.1) is 0 Å². The molecule has 1 amide bonds. The monoisotopic (exact) mass is 265 g/mol. The summed E-state index contributed by atoms with van der Waals surface area (Å²) in [6.45, 7) is 1.64. The van der Waals surface area contributed by atoms with Crippen molar-refractivity contribution in [1.29, 1.82) is 0 Å². The number of esters is 1. The molecule has 0 unspecified atom stereocenters. The van der Waals surface area contributed by atoms with Gasteiger partial charge in [0, 0.05) is 7.05 Å². The molecule has 0 saturated carbocycles. The summed E-state index contributed by atoms with van der Waals surface area (Å²) in [4.78, 5) is 23.1. The van der Waals surface area contributed by atoms with Crippen molar-refractivity contribution in [3.63, 3.8) is 0 Å². The fourth-order valence-corrected chi connectivity index (χ4v) is 1.64. The molecule has 0 radical (unpaired) electrons. The van der Waals surface area contributed by atoms with Gasteiger partial charge in [0.25, 0.3) is 0 Å². The first-order valence-corrected chi connectivity index (χ1v) is 6.13. The Balaban J connectivity index is 2.47. The average molecular weight is 265 g/mol. The summed E-state index contributed by atoms with van der Waals surface area (Å²) < 4.78 is 5.07. The van der Waals surface area contributed by atoms with Crippen molar-refractivity contribution in [1.82, 2.24) is 5.32 Å². The molecular weight excluding hydrogens is 246 g/mol.